The first-order valence-corrected chi connectivity index (χ1v) is 9.20. The number of ether oxygens (including phenoxy) is 1. The molecule has 5 heteroatoms. The summed E-state index contributed by atoms with van der Waals surface area (Å²) in [5, 5.41) is 1.03. The second-order valence-corrected chi connectivity index (χ2v) is 7.04. The van der Waals surface area contributed by atoms with E-state index in [1.165, 1.54) is 9.79 Å². The first-order chi connectivity index (χ1) is 10.2. The first-order valence-electron chi connectivity index (χ1n) is 7.23. The van der Waals surface area contributed by atoms with Gasteiger partial charge in [0, 0.05) is 21.2 Å². The summed E-state index contributed by atoms with van der Waals surface area (Å²) in [6, 6.07) is 6.13. The third-order valence-electron chi connectivity index (χ3n) is 3.00. The van der Waals surface area contributed by atoms with E-state index in [-0.39, 0.29) is 0 Å². The van der Waals surface area contributed by atoms with Crippen LogP contribution in [0.25, 0.3) is 10.9 Å². The van der Waals surface area contributed by atoms with Crippen LogP contribution in [0.1, 0.15) is 26.7 Å². The fourth-order valence-corrected chi connectivity index (χ4v) is 4.04. The van der Waals surface area contributed by atoms with Crippen LogP contribution in [0.5, 0.6) is 5.75 Å². The summed E-state index contributed by atoms with van der Waals surface area (Å²) >= 11 is 3.79. The quantitative estimate of drug-likeness (QED) is 0.740. The average Bonchev–Trinajstić information content (AvgIpc) is 2.49. The lowest BCUT2D eigenvalue weighted by atomic mass is 10.2. The molecule has 0 saturated heterocycles. The molecule has 2 N–H and O–H groups in total. The lowest BCUT2D eigenvalue weighted by Gasteiger charge is -2.12. The normalized spacial score (nSPS) is 11.0. The van der Waals surface area contributed by atoms with E-state index in [2.05, 4.69) is 31.0 Å². The number of nitrogens with zero attached hydrogens (tertiary/aromatic N) is 1. The van der Waals surface area contributed by atoms with E-state index in [0.717, 1.165) is 41.0 Å². The molecule has 2 rings (SSSR count). The van der Waals surface area contributed by atoms with Crippen LogP contribution in [-0.4, -0.2) is 23.6 Å². The van der Waals surface area contributed by atoms with E-state index < -0.39 is 0 Å². The summed E-state index contributed by atoms with van der Waals surface area (Å²) in [6.07, 6.45) is 2.33. The maximum absolute atomic E-state index is 5.87. The third-order valence-corrected chi connectivity index (χ3v) is 5.65. The molecule has 3 nitrogen and oxygen atoms in total. The van der Waals surface area contributed by atoms with Crippen molar-refractivity contribution in [2.45, 2.75) is 36.5 Å². The van der Waals surface area contributed by atoms with Gasteiger partial charge < -0.3 is 10.5 Å². The van der Waals surface area contributed by atoms with E-state index >= 15 is 0 Å². The summed E-state index contributed by atoms with van der Waals surface area (Å²) < 4.78 is 5.45. The molecule has 0 unspecified atom stereocenters. The summed E-state index contributed by atoms with van der Waals surface area (Å²) in [6.45, 7) is 4.40. The van der Waals surface area contributed by atoms with Gasteiger partial charge in [-0.15, -0.1) is 23.5 Å². The second kappa shape index (κ2) is 7.80. The van der Waals surface area contributed by atoms with Crippen molar-refractivity contribution in [2.24, 2.45) is 0 Å². The fourth-order valence-electron chi connectivity index (χ4n) is 2.04. The van der Waals surface area contributed by atoms with Crippen LogP contribution >= 0.6 is 23.5 Å². The Kier molecular flexibility index (Phi) is 6.06. The Morgan fingerprint density at radius 1 is 1.05 bits per heavy atom. The number of pyridine rings is 1. The van der Waals surface area contributed by atoms with Gasteiger partial charge >= 0.3 is 0 Å². The Balaban J connectivity index is 2.52. The predicted octanol–water partition coefficient (Wildman–Crippen LogP) is 4.83. The van der Waals surface area contributed by atoms with Crippen molar-refractivity contribution in [1.82, 2.24) is 4.98 Å². The zero-order chi connectivity index (χ0) is 15.2. The molecule has 1 aromatic heterocycles. The zero-order valence-electron chi connectivity index (χ0n) is 12.8. The molecule has 0 spiro atoms. The molecule has 0 fully saturated rings. The summed E-state index contributed by atoms with van der Waals surface area (Å²) in [5.41, 5.74) is 6.77. The Morgan fingerprint density at radius 3 is 2.24 bits per heavy atom. The van der Waals surface area contributed by atoms with Gasteiger partial charge in [-0.1, -0.05) is 13.8 Å². The number of rotatable bonds is 7. The highest BCUT2D eigenvalue weighted by Gasteiger charge is 2.11. The van der Waals surface area contributed by atoms with Gasteiger partial charge in [-0.2, -0.15) is 0 Å². The third kappa shape index (κ3) is 3.98. The van der Waals surface area contributed by atoms with E-state index in [1.54, 1.807) is 13.2 Å². The molecule has 114 valence electrons. The van der Waals surface area contributed by atoms with E-state index in [1.807, 2.05) is 23.5 Å². The fraction of sp³-hybridized carbons (Fsp3) is 0.438. The van der Waals surface area contributed by atoms with E-state index in [4.69, 9.17) is 10.5 Å². The van der Waals surface area contributed by atoms with Crippen LogP contribution in [0, 0.1) is 0 Å². The van der Waals surface area contributed by atoms with Crippen LogP contribution in [0.15, 0.2) is 28.0 Å². The molecule has 0 radical (unpaired) electrons. The summed E-state index contributed by atoms with van der Waals surface area (Å²) in [4.78, 5) is 7.06. The zero-order valence-corrected chi connectivity index (χ0v) is 14.4. The van der Waals surface area contributed by atoms with Gasteiger partial charge in [0.05, 0.1) is 12.6 Å². The highest BCUT2D eigenvalue weighted by atomic mass is 32.2. The number of thioether (sulfide) groups is 2. The van der Waals surface area contributed by atoms with Crippen molar-refractivity contribution in [1.29, 1.82) is 0 Å². The maximum atomic E-state index is 5.87. The van der Waals surface area contributed by atoms with Gasteiger partial charge in [0.15, 0.2) is 0 Å². The van der Waals surface area contributed by atoms with Crippen molar-refractivity contribution < 1.29 is 4.74 Å². The Hall–Kier alpha value is -1.07. The molecule has 0 atom stereocenters. The first kappa shape index (κ1) is 16.3. The number of hydrogen-bond acceptors (Lipinski definition) is 5. The molecule has 0 aliphatic carbocycles. The summed E-state index contributed by atoms with van der Waals surface area (Å²) in [7, 11) is 1.67. The number of anilines is 1. The molecule has 0 bridgehead atoms. The van der Waals surface area contributed by atoms with Crippen molar-refractivity contribution in [3.63, 3.8) is 0 Å². The minimum absolute atomic E-state index is 0.500. The molecule has 21 heavy (non-hydrogen) atoms. The number of aromatic nitrogens is 1. The molecule has 0 amide bonds. The van der Waals surface area contributed by atoms with Gasteiger partial charge in [-0.05, 0) is 36.5 Å². The predicted molar refractivity (Wildman–Crippen MR) is 94.7 cm³/mol. The number of methoxy groups -OCH3 is 1. The highest BCUT2D eigenvalue weighted by Crippen LogP contribution is 2.38. The number of benzene rings is 1. The van der Waals surface area contributed by atoms with Crippen LogP contribution in [0.3, 0.4) is 0 Å². The molecular formula is C16H22N2OS2. The SMILES string of the molecule is CCCSc1cc2nc(N)cc(OC)c2cc1SCCC. The van der Waals surface area contributed by atoms with Gasteiger partial charge in [-0.25, -0.2) is 4.98 Å². The minimum Gasteiger partial charge on any atom is -0.496 e. The standard InChI is InChI=1S/C16H22N2OS2/c1-4-6-20-14-8-11-12(9-15(14)21-7-5-2)18-16(17)10-13(11)19-3/h8-10H,4-7H2,1-3H3,(H2,17,18). The average molecular weight is 322 g/mol. The summed E-state index contributed by atoms with van der Waals surface area (Å²) in [5.74, 6) is 3.53. The number of hydrogen-bond donors (Lipinski definition) is 1. The van der Waals surface area contributed by atoms with Gasteiger partial charge in [-0.3, -0.25) is 0 Å². The molecule has 2 aromatic rings. The second-order valence-electron chi connectivity index (χ2n) is 4.76. The lowest BCUT2D eigenvalue weighted by molar-refractivity contribution is 0.419. The van der Waals surface area contributed by atoms with Gasteiger partial charge in [0.2, 0.25) is 0 Å². The minimum atomic E-state index is 0.500. The van der Waals surface area contributed by atoms with Gasteiger partial charge in [0.1, 0.15) is 11.6 Å². The largest absolute Gasteiger partial charge is 0.496 e. The number of fused-ring (bicyclic) bond motifs is 1. The molecule has 1 heterocycles. The van der Waals surface area contributed by atoms with Crippen molar-refractivity contribution >= 4 is 40.2 Å². The van der Waals surface area contributed by atoms with Crippen LogP contribution < -0.4 is 10.5 Å². The maximum Gasteiger partial charge on any atom is 0.131 e. The number of nitrogens with two attached hydrogens (primary N) is 1. The Morgan fingerprint density at radius 2 is 1.67 bits per heavy atom. The molecule has 1 aromatic carbocycles. The van der Waals surface area contributed by atoms with Crippen molar-refractivity contribution in [3.05, 3.63) is 18.2 Å². The van der Waals surface area contributed by atoms with E-state index in [9.17, 15) is 0 Å². The molecule has 0 aliphatic heterocycles. The van der Waals surface area contributed by atoms with Crippen LogP contribution in [0.4, 0.5) is 5.82 Å². The lowest BCUT2D eigenvalue weighted by Crippen LogP contribution is -1.95. The molecular weight excluding hydrogens is 300 g/mol. The molecule has 0 saturated carbocycles. The van der Waals surface area contributed by atoms with Crippen LogP contribution in [-0.2, 0) is 0 Å². The van der Waals surface area contributed by atoms with Crippen molar-refractivity contribution in [2.75, 3.05) is 24.3 Å². The highest BCUT2D eigenvalue weighted by molar-refractivity contribution is 8.02. The van der Waals surface area contributed by atoms with Crippen LogP contribution in [0.2, 0.25) is 0 Å². The van der Waals surface area contributed by atoms with Crippen molar-refractivity contribution in [3.8, 4) is 5.75 Å². The smallest absolute Gasteiger partial charge is 0.131 e. The monoisotopic (exact) mass is 322 g/mol. The number of nitrogen functional groups attached to an aromatic ring is 1. The van der Waals surface area contributed by atoms with E-state index in [0.29, 0.717) is 5.82 Å². The Labute approximate surface area is 135 Å². The topological polar surface area (TPSA) is 48.1 Å². The molecule has 0 aliphatic rings. The Bertz CT molecular complexity index is 617. The van der Waals surface area contributed by atoms with Gasteiger partial charge in [0.25, 0.3) is 0 Å².